The SMILES string of the molecule is CNC(=O)C(C)CN(C)c1ccc(N)c(OC)n1. The number of nitrogens with zero attached hydrogens (tertiary/aromatic N) is 2. The number of pyridine rings is 1. The molecule has 0 aromatic carbocycles. The lowest BCUT2D eigenvalue weighted by atomic mass is 10.1. The first-order chi connectivity index (χ1) is 8.49. The lowest BCUT2D eigenvalue weighted by Gasteiger charge is -2.22. The van der Waals surface area contributed by atoms with Crippen LogP contribution in [-0.2, 0) is 4.79 Å². The van der Waals surface area contributed by atoms with Crippen LogP contribution in [0, 0.1) is 5.92 Å². The number of methoxy groups -OCH3 is 1. The molecule has 1 atom stereocenters. The lowest BCUT2D eigenvalue weighted by molar-refractivity contribution is -0.123. The van der Waals surface area contributed by atoms with E-state index in [0.717, 1.165) is 5.82 Å². The van der Waals surface area contributed by atoms with Crippen LogP contribution in [-0.4, -0.2) is 38.6 Å². The highest BCUT2D eigenvalue weighted by atomic mass is 16.5. The molecule has 6 nitrogen and oxygen atoms in total. The van der Waals surface area contributed by atoms with E-state index < -0.39 is 0 Å². The van der Waals surface area contributed by atoms with Gasteiger partial charge in [0, 0.05) is 20.6 Å². The van der Waals surface area contributed by atoms with Gasteiger partial charge >= 0.3 is 0 Å². The Morgan fingerprint density at radius 3 is 2.83 bits per heavy atom. The molecule has 6 heteroatoms. The third-order valence-electron chi connectivity index (χ3n) is 2.70. The quantitative estimate of drug-likeness (QED) is 0.797. The third kappa shape index (κ3) is 3.26. The van der Waals surface area contributed by atoms with Crippen molar-refractivity contribution in [1.82, 2.24) is 10.3 Å². The van der Waals surface area contributed by atoms with Gasteiger partial charge in [0.15, 0.2) is 0 Å². The second-order valence-corrected chi connectivity index (χ2v) is 4.16. The molecule has 1 amide bonds. The zero-order chi connectivity index (χ0) is 13.7. The smallest absolute Gasteiger partial charge is 0.238 e. The topological polar surface area (TPSA) is 80.5 Å². The predicted molar refractivity (Wildman–Crippen MR) is 71.7 cm³/mol. The summed E-state index contributed by atoms with van der Waals surface area (Å²) in [4.78, 5) is 17.6. The van der Waals surface area contributed by atoms with Crippen molar-refractivity contribution in [3.05, 3.63) is 12.1 Å². The lowest BCUT2D eigenvalue weighted by Crippen LogP contribution is -2.34. The molecule has 0 spiro atoms. The molecule has 0 fully saturated rings. The number of nitrogens with one attached hydrogen (secondary N) is 1. The van der Waals surface area contributed by atoms with Gasteiger partial charge in [0.2, 0.25) is 11.8 Å². The summed E-state index contributed by atoms with van der Waals surface area (Å²) in [7, 11) is 5.02. The van der Waals surface area contributed by atoms with Gasteiger partial charge in [-0.25, -0.2) is 0 Å². The normalized spacial score (nSPS) is 11.8. The van der Waals surface area contributed by atoms with E-state index in [-0.39, 0.29) is 11.8 Å². The van der Waals surface area contributed by atoms with Crippen LogP contribution in [0.25, 0.3) is 0 Å². The second-order valence-electron chi connectivity index (χ2n) is 4.16. The Kier molecular flexibility index (Phi) is 4.76. The minimum atomic E-state index is -0.120. The molecule has 1 aromatic rings. The zero-order valence-corrected chi connectivity index (χ0v) is 11.2. The van der Waals surface area contributed by atoms with Gasteiger partial charge in [0.1, 0.15) is 5.82 Å². The molecule has 0 radical (unpaired) electrons. The molecule has 0 bridgehead atoms. The molecule has 0 saturated carbocycles. The Morgan fingerprint density at radius 2 is 2.28 bits per heavy atom. The van der Waals surface area contributed by atoms with E-state index in [1.165, 1.54) is 7.11 Å². The molecule has 18 heavy (non-hydrogen) atoms. The Labute approximate surface area is 107 Å². The van der Waals surface area contributed by atoms with Crippen LogP contribution in [0.4, 0.5) is 11.5 Å². The molecule has 0 aliphatic rings. The third-order valence-corrected chi connectivity index (χ3v) is 2.70. The van der Waals surface area contributed by atoms with Crippen LogP contribution < -0.4 is 20.7 Å². The summed E-state index contributed by atoms with van der Waals surface area (Å²) >= 11 is 0. The molecule has 1 aromatic heterocycles. The Hall–Kier alpha value is -1.98. The number of nitrogen functional groups attached to an aromatic ring is 1. The molecule has 100 valence electrons. The number of hydrogen-bond acceptors (Lipinski definition) is 5. The van der Waals surface area contributed by atoms with Crippen molar-refractivity contribution in [2.75, 3.05) is 38.4 Å². The van der Waals surface area contributed by atoms with Gasteiger partial charge in [-0.1, -0.05) is 6.92 Å². The van der Waals surface area contributed by atoms with Crippen molar-refractivity contribution in [3.63, 3.8) is 0 Å². The van der Waals surface area contributed by atoms with Crippen LogP contribution in [0.2, 0.25) is 0 Å². The van der Waals surface area contributed by atoms with E-state index in [0.29, 0.717) is 18.1 Å². The summed E-state index contributed by atoms with van der Waals surface area (Å²) in [6.45, 7) is 2.43. The maximum absolute atomic E-state index is 11.5. The molecule has 0 saturated heterocycles. The number of carbonyl (C=O) groups is 1. The van der Waals surface area contributed by atoms with E-state index in [4.69, 9.17) is 10.5 Å². The predicted octanol–water partition coefficient (Wildman–Crippen LogP) is 0.491. The summed E-state index contributed by atoms with van der Waals surface area (Å²) in [5.41, 5.74) is 6.20. The van der Waals surface area contributed by atoms with E-state index in [1.807, 2.05) is 18.9 Å². The number of amides is 1. The number of carbonyl (C=O) groups excluding carboxylic acids is 1. The maximum Gasteiger partial charge on any atom is 0.238 e. The van der Waals surface area contributed by atoms with Gasteiger partial charge in [-0.2, -0.15) is 4.98 Å². The van der Waals surface area contributed by atoms with Crippen LogP contribution in [0.1, 0.15) is 6.92 Å². The fourth-order valence-electron chi connectivity index (χ4n) is 1.65. The maximum atomic E-state index is 11.5. The summed E-state index contributed by atoms with van der Waals surface area (Å²) < 4.78 is 5.07. The average Bonchev–Trinajstić information content (AvgIpc) is 2.37. The first-order valence-electron chi connectivity index (χ1n) is 5.72. The standard InChI is InChI=1S/C12H20N4O2/c1-8(11(17)14-2)7-16(3)10-6-5-9(13)12(15-10)18-4/h5-6,8H,7,13H2,1-4H3,(H,14,17). The van der Waals surface area contributed by atoms with E-state index >= 15 is 0 Å². The van der Waals surface area contributed by atoms with Crippen LogP contribution in [0.5, 0.6) is 5.88 Å². The van der Waals surface area contributed by atoms with E-state index in [1.54, 1.807) is 19.2 Å². The molecule has 0 aliphatic carbocycles. The largest absolute Gasteiger partial charge is 0.479 e. The fourth-order valence-corrected chi connectivity index (χ4v) is 1.65. The van der Waals surface area contributed by atoms with Crippen molar-refractivity contribution in [1.29, 1.82) is 0 Å². The van der Waals surface area contributed by atoms with Crippen molar-refractivity contribution >= 4 is 17.4 Å². The average molecular weight is 252 g/mol. The fraction of sp³-hybridized carbons (Fsp3) is 0.500. The summed E-state index contributed by atoms with van der Waals surface area (Å²) in [5.74, 6) is 0.998. The number of nitrogens with two attached hydrogens (primary N) is 1. The summed E-state index contributed by atoms with van der Waals surface area (Å²) in [6, 6.07) is 3.54. The minimum absolute atomic E-state index is 0.00394. The van der Waals surface area contributed by atoms with Gasteiger partial charge in [0.05, 0.1) is 18.7 Å². The molecule has 1 rings (SSSR count). The number of aromatic nitrogens is 1. The van der Waals surface area contributed by atoms with Gasteiger partial charge in [-0.15, -0.1) is 0 Å². The van der Waals surface area contributed by atoms with Crippen molar-refractivity contribution in [2.45, 2.75) is 6.92 Å². The number of rotatable bonds is 5. The first kappa shape index (κ1) is 14.1. The molecule has 0 aliphatic heterocycles. The van der Waals surface area contributed by atoms with Crippen molar-refractivity contribution < 1.29 is 9.53 Å². The van der Waals surface area contributed by atoms with Crippen molar-refractivity contribution in [2.24, 2.45) is 5.92 Å². The van der Waals surface area contributed by atoms with Crippen LogP contribution in [0.3, 0.4) is 0 Å². The van der Waals surface area contributed by atoms with Gasteiger partial charge in [-0.3, -0.25) is 4.79 Å². The molecular formula is C12H20N4O2. The van der Waals surface area contributed by atoms with E-state index in [9.17, 15) is 4.79 Å². The van der Waals surface area contributed by atoms with Gasteiger partial charge in [-0.05, 0) is 12.1 Å². The molecule has 3 N–H and O–H groups in total. The zero-order valence-electron chi connectivity index (χ0n) is 11.2. The van der Waals surface area contributed by atoms with Gasteiger partial charge < -0.3 is 20.7 Å². The highest BCUT2D eigenvalue weighted by Gasteiger charge is 2.15. The monoisotopic (exact) mass is 252 g/mol. The van der Waals surface area contributed by atoms with Gasteiger partial charge in [0.25, 0.3) is 0 Å². The van der Waals surface area contributed by atoms with Crippen LogP contribution in [0.15, 0.2) is 12.1 Å². The molecular weight excluding hydrogens is 232 g/mol. The number of anilines is 2. The Bertz CT molecular complexity index is 423. The highest BCUT2D eigenvalue weighted by molar-refractivity contribution is 5.78. The highest BCUT2D eigenvalue weighted by Crippen LogP contribution is 2.22. The number of hydrogen-bond donors (Lipinski definition) is 2. The number of ether oxygens (including phenoxy) is 1. The second kappa shape index (κ2) is 6.09. The van der Waals surface area contributed by atoms with Crippen LogP contribution >= 0.6 is 0 Å². The summed E-state index contributed by atoms with van der Waals surface area (Å²) in [5, 5.41) is 2.62. The minimum Gasteiger partial charge on any atom is -0.479 e. The Balaban J connectivity index is 2.78. The summed E-state index contributed by atoms with van der Waals surface area (Å²) in [6.07, 6.45) is 0. The first-order valence-corrected chi connectivity index (χ1v) is 5.72. The molecule has 1 heterocycles. The van der Waals surface area contributed by atoms with Crippen molar-refractivity contribution in [3.8, 4) is 5.88 Å². The van der Waals surface area contributed by atoms with E-state index in [2.05, 4.69) is 10.3 Å². The molecule has 1 unspecified atom stereocenters. The Morgan fingerprint density at radius 1 is 1.61 bits per heavy atom.